The zero-order chi connectivity index (χ0) is 24.1. The van der Waals surface area contributed by atoms with E-state index in [0.29, 0.717) is 0 Å². The van der Waals surface area contributed by atoms with Crippen molar-refractivity contribution in [1.29, 1.82) is 0 Å². The molecule has 0 aliphatic carbocycles. The molecule has 0 bridgehead atoms. The zero-order valence-corrected chi connectivity index (χ0v) is 20.6. The van der Waals surface area contributed by atoms with E-state index >= 15 is 0 Å². The maximum atomic E-state index is 13.7. The van der Waals surface area contributed by atoms with Gasteiger partial charge in [-0.05, 0) is 83.9 Å². The Morgan fingerprint density at radius 1 is 0.971 bits per heavy atom. The highest BCUT2D eigenvalue weighted by Gasteiger charge is 2.55. The highest BCUT2D eigenvalue weighted by Crippen LogP contribution is 2.49. The summed E-state index contributed by atoms with van der Waals surface area (Å²) in [4.78, 5) is 31.2. The molecule has 34 heavy (non-hydrogen) atoms. The molecular weight excluding hydrogens is 424 g/mol. The first-order chi connectivity index (χ1) is 16.2. The van der Waals surface area contributed by atoms with E-state index in [-0.39, 0.29) is 11.4 Å². The molecule has 2 aliphatic heterocycles. The van der Waals surface area contributed by atoms with Gasteiger partial charge in [0.05, 0.1) is 5.41 Å². The standard InChI is InChI=1S/C27H32N6O/c1-18-14-21(15-19(2)30-18)31-20-6-8-22(9-7-20)32-12-10-27(11-13-32)23-16-28-17-29-24(23)33(25(27)34)26(3,4)5/h6-9,14-17H,10-13H2,1-5H3,(H,30,31). The molecule has 7 nitrogen and oxygen atoms in total. The van der Waals surface area contributed by atoms with Crippen molar-refractivity contribution in [3.05, 3.63) is 65.9 Å². The van der Waals surface area contributed by atoms with E-state index in [1.54, 1.807) is 6.33 Å². The fourth-order valence-electron chi connectivity index (χ4n) is 5.35. The molecule has 4 heterocycles. The van der Waals surface area contributed by atoms with Gasteiger partial charge < -0.3 is 10.2 Å². The van der Waals surface area contributed by atoms with Crippen molar-refractivity contribution in [1.82, 2.24) is 15.0 Å². The Labute approximate surface area is 201 Å². The van der Waals surface area contributed by atoms with Crippen molar-refractivity contribution in [2.45, 2.75) is 58.4 Å². The third kappa shape index (κ3) is 3.79. The number of benzene rings is 1. The van der Waals surface area contributed by atoms with Crippen LogP contribution in [0.15, 0.2) is 48.9 Å². The second-order valence-electron chi connectivity index (χ2n) is 10.5. The maximum Gasteiger partial charge on any atom is 0.239 e. The van der Waals surface area contributed by atoms with Gasteiger partial charge in [0.1, 0.15) is 12.1 Å². The molecule has 7 heteroatoms. The molecule has 1 amide bonds. The van der Waals surface area contributed by atoms with Gasteiger partial charge in [-0.1, -0.05) is 0 Å². The Hall–Kier alpha value is -3.48. The molecule has 1 aromatic carbocycles. The van der Waals surface area contributed by atoms with Crippen LogP contribution in [0.2, 0.25) is 0 Å². The largest absolute Gasteiger partial charge is 0.371 e. The van der Waals surface area contributed by atoms with E-state index in [1.807, 2.05) is 37.1 Å². The summed E-state index contributed by atoms with van der Waals surface area (Å²) in [5.41, 5.74) is 5.39. The summed E-state index contributed by atoms with van der Waals surface area (Å²) in [6, 6.07) is 12.6. The number of rotatable bonds is 3. The number of carbonyl (C=O) groups excluding carboxylic acids is 1. The SMILES string of the molecule is Cc1cc(Nc2ccc(N3CCC4(CC3)C(=O)N(C(C)(C)C)c3ncncc34)cc2)cc(C)n1. The molecule has 0 unspecified atom stereocenters. The molecule has 2 aliphatic rings. The average molecular weight is 457 g/mol. The van der Waals surface area contributed by atoms with Gasteiger partial charge in [-0.2, -0.15) is 0 Å². The monoisotopic (exact) mass is 456 g/mol. The zero-order valence-electron chi connectivity index (χ0n) is 20.6. The Bertz CT molecular complexity index is 1200. The number of anilines is 4. The Balaban J connectivity index is 1.32. The third-order valence-corrected chi connectivity index (χ3v) is 6.92. The Morgan fingerprint density at radius 3 is 2.24 bits per heavy atom. The molecule has 0 radical (unpaired) electrons. The van der Waals surface area contributed by atoms with E-state index in [1.165, 1.54) is 5.69 Å². The number of aromatic nitrogens is 3. The highest BCUT2D eigenvalue weighted by atomic mass is 16.2. The van der Waals surface area contributed by atoms with Crippen LogP contribution in [0, 0.1) is 13.8 Å². The summed E-state index contributed by atoms with van der Waals surface area (Å²) in [7, 11) is 0. The maximum absolute atomic E-state index is 13.7. The molecular formula is C27H32N6O. The highest BCUT2D eigenvalue weighted by molar-refractivity contribution is 6.08. The fourth-order valence-corrected chi connectivity index (χ4v) is 5.35. The molecule has 2 aromatic heterocycles. The van der Waals surface area contributed by atoms with Gasteiger partial charge in [0.2, 0.25) is 5.91 Å². The number of amides is 1. The summed E-state index contributed by atoms with van der Waals surface area (Å²) in [6.07, 6.45) is 4.91. The molecule has 176 valence electrons. The van der Waals surface area contributed by atoms with Crippen LogP contribution in [0.5, 0.6) is 0 Å². The lowest BCUT2D eigenvalue weighted by Crippen LogP contribution is -2.53. The number of hydrogen-bond donors (Lipinski definition) is 1. The minimum absolute atomic E-state index is 0.164. The number of nitrogens with one attached hydrogen (secondary N) is 1. The number of hydrogen-bond acceptors (Lipinski definition) is 6. The predicted octanol–water partition coefficient (Wildman–Crippen LogP) is 4.92. The molecule has 1 N–H and O–H groups in total. The lowest BCUT2D eigenvalue weighted by Gasteiger charge is -2.40. The average Bonchev–Trinajstić information content (AvgIpc) is 3.02. The normalized spacial score (nSPS) is 17.3. The first kappa shape index (κ1) is 22.3. The topological polar surface area (TPSA) is 74.2 Å². The van der Waals surface area contributed by atoms with Crippen molar-refractivity contribution < 1.29 is 4.79 Å². The third-order valence-electron chi connectivity index (χ3n) is 6.92. The minimum Gasteiger partial charge on any atom is -0.371 e. The lowest BCUT2D eigenvalue weighted by atomic mass is 9.74. The lowest BCUT2D eigenvalue weighted by molar-refractivity contribution is -0.124. The van der Waals surface area contributed by atoms with Crippen molar-refractivity contribution >= 4 is 28.8 Å². The summed E-state index contributed by atoms with van der Waals surface area (Å²) >= 11 is 0. The minimum atomic E-state index is -0.529. The molecule has 1 fully saturated rings. The summed E-state index contributed by atoms with van der Waals surface area (Å²) < 4.78 is 0. The quantitative estimate of drug-likeness (QED) is 0.603. The van der Waals surface area contributed by atoms with Crippen molar-refractivity contribution in [3.8, 4) is 0 Å². The van der Waals surface area contributed by atoms with Gasteiger partial charge in [-0.15, -0.1) is 0 Å². The van der Waals surface area contributed by atoms with Gasteiger partial charge in [0.15, 0.2) is 0 Å². The second-order valence-corrected chi connectivity index (χ2v) is 10.5. The number of carbonyl (C=O) groups is 1. The number of fused-ring (bicyclic) bond motifs is 2. The van der Waals surface area contributed by atoms with Gasteiger partial charge in [0, 0.05) is 58.8 Å². The van der Waals surface area contributed by atoms with Crippen LogP contribution in [0.4, 0.5) is 22.9 Å². The van der Waals surface area contributed by atoms with Crippen LogP contribution < -0.4 is 15.1 Å². The first-order valence-electron chi connectivity index (χ1n) is 11.9. The summed E-state index contributed by atoms with van der Waals surface area (Å²) in [6.45, 7) is 11.8. The van der Waals surface area contributed by atoms with Crippen LogP contribution in [0.3, 0.4) is 0 Å². The smallest absolute Gasteiger partial charge is 0.239 e. The molecule has 0 atom stereocenters. The molecule has 5 rings (SSSR count). The number of nitrogens with zero attached hydrogens (tertiary/aromatic N) is 5. The summed E-state index contributed by atoms with van der Waals surface area (Å²) in [5, 5.41) is 3.47. The van der Waals surface area contributed by atoms with Crippen molar-refractivity contribution in [2.75, 3.05) is 28.2 Å². The number of piperidine rings is 1. The number of pyridine rings is 1. The van der Waals surface area contributed by atoms with Crippen molar-refractivity contribution in [3.63, 3.8) is 0 Å². The first-order valence-corrected chi connectivity index (χ1v) is 11.9. The number of aryl methyl sites for hydroxylation is 2. The van der Waals surface area contributed by atoms with E-state index in [0.717, 1.165) is 60.1 Å². The summed E-state index contributed by atoms with van der Waals surface area (Å²) in [5.74, 6) is 0.940. The van der Waals surface area contributed by atoms with E-state index in [2.05, 4.69) is 70.2 Å². The van der Waals surface area contributed by atoms with E-state index in [4.69, 9.17) is 0 Å². The van der Waals surface area contributed by atoms with E-state index in [9.17, 15) is 4.79 Å². The molecule has 1 spiro atoms. The van der Waals surface area contributed by atoms with Crippen LogP contribution in [0.1, 0.15) is 50.6 Å². The van der Waals surface area contributed by atoms with Gasteiger partial charge in [0.25, 0.3) is 0 Å². The van der Waals surface area contributed by atoms with Crippen LogP contribution in [-0.4, -0.2) is 39.5 Å². The molecule has 0 saturated carbocycles. The second kappa shape index (κ2) is 8.08. The van der Waals surface area contributed by atoms with Gasteiger partial charge in [-0.3, -0.25) is 14.7 Å². The fraction of sp³-hybridized carbons (Fsp3) is 0.407. The van der Waals surface area contributed by atoms with Crippen LogP contribution >= 0.6 is 0 Å². The van der Waals surface area contributed by atoms with E-state index < -0.39 is 5.41 Å². The van der Waals surface area contributed by atoms with Gasteiger partial charge in [-0.25, -0.2) is 9.97 Å². The molecule has 1 saturated heterocycles. The van der Waals surface area contributed by atoms with Crippen LogP contribution in [0.25, 0.3) is 0 Å². The Morgan fingerprint density at radius 2 is 1.62 bits per heavy atom. The Kier molecular flexibility index (Phi) is 5.30. The van der Waals surface area contributed by atoms with Crippen molar-refractivity contribution in [2.24, 2.45) is 0 Å². The van der Waals surface area contributed by atoms with Gasteiger partial charge >= 0.3 is 0 Å². The predicted molar refractivity (Wildman–Crippen MR) is 136 cm³/mol. The van der Waals surface area contributed by atoms with Crippen LogP contribution in [-0.2, 0) is 10.2 Å². The molecule has 3 aromatic rings.